The van der Waals surface area contributed by atoms with Crippen molar-refractivity contribution in [3.05, 3.63) is 217 Å². The molecule has 0 N–H and O–H groups in total. The number of benzene rings is 8. The van der Waals surface area contributed by atoms with E-state index in [9.17, 15) is 0 Å². The Bertz CT molecular complexity index is 3110. The first kappa shape index (κ1) is 33.0. The molecular formula is C54H36N2O. The van der Waals surface area contributed by atoms with E-state index in [0.29, 0.717) is 5.82 Å². The van der Waals surface area contributed by atoms with Crippen molar-refractivity contribution in [3.63, 3.8) is 0 Å². The molecule has 0 amide bonds. The Labute approximate surface area is 331 Å². The monoisotopic (exact) mass is 728 g/mol. The van der Waals surface area contributed by atoms with E-state index in [4.69, 9.17) is 14.4 Å². The summed E-state index contributed by atoms with van der Waals surface area (Å²) in [5, 5.41) is 2.28. The molecule has 57 heavy (non-hydrogen) atoms. The minimum Gasteiger partial charge on any atom is -0.456 e. The summed E-state index contributed by atoms with van der Waals surface area (Å²) >= 11 is 0. The number of nitrogens with zero attached hydrogens (tertiary/aromatic N) is 2. The third-order valence-electron chi connectivity index (χ3n) is 11.8. The Hall–Kier alpha value is -7.36. The molecule has 0 spiro atoms. The van der Waals surface area contributed by atoms with Crippen LogP contribution in [-0.2, 0) is 5.41 Å². The van der Waals surface area contributed by atoms with Crippen molar-refractivity contribution in [3.8, 4) is 67.3 Å². The molecule has 0 saturated heterocycles. The highest BCUT2D eigenvalue weighted by atomic mass is 16.3. The zero-order valence-corrected chi connectivity index (χ0v) is 31.4. The Morgan fingerprint density at radius 2 is 0.947 bits per heavy atom. The number of hydrogen-bond donors (Lipinski definition) is 0. The average molecular weight is 729 g/mol. The third kappa shape index (κ3) is 5.43. The van der Waals surface area contributed by atoms with Crippen molar-refractivity contribution >= 4 is 21.9 Å². The lowest BCUT2D eigenvalue weighted by molar-refractivity contribution is 0.669. The van der Waals surface area contributed by atoms with Crippen LogP contribution in [0.4, 0.5) is 0 Å². The maximum atomic E-state index is 6.07. The van der Waals surface area contributed by atoms with Crippen molar-refractivity contribution in [1.29, 1.82) is 0 Å². The summed E-state index contributed by atoms with van der Waals surface area (Å²) in [6, 6.07) is 71.1. The van der Waals surface area contributed by atoms with Crippen LogP contribution >= 0.6 is 0 Å². The molecule has 0 aliphatic heterocycles. The fraction of sp³-hybridized carbons (Fsp3) is 0.0370. The first-order chi connectivity index (χ1) is 28.1. The third-order valence-corrected chi connectivity index (χ3v) is 11.8. The van der Waals surface area contributed by atoms with E-state index in [-0.39, 0.29) is 5.41 Å². The van der Waals surface area contributed by atoms with Gasteiger partial charge in [-0.05, 0) is 81.3 Å². The summed E-state index contributed by atoms with van der Waals surface area (Å²) in [7, 11) is 0. The maximum Gasteiger partial charge on any atom is 0.160 e. The molecule has 2 heterocycles. The van der Waals surface area contributed by atoms with E-state index in [1.165, 1.54) is 38.9 Å². The van der Waals surface area contributed by atoms with Crippen molar-refractivity contribution in [1.82, 2.24) is 9.97 Å². The van der Waals surface area contributed by atoms with Crippen LogP contribution in [0.2, 0.25) is 0 Å². The van der Waals surface area contributed by atoms with E-state index in [2.05, 4.69) is 177 Å². The van der Waals surface area contributed by atoms with Gasteiger partial charge in [0.15, 0.2) is 5.82 Å². The molecule has 8 aromatic carbocycles. The highest BCUT2D eigenvalue weighted by Gasteiger charge is 2.42. The van der Waals surface area contributed by atoms with Gasteiger partial charge in [0.1, 0.15) is 11.2 Å². The number of aromatic nitrogens is 2. The molecule has 1 unspecified atom stereocenters. The van der Waals surface area contributed by atoms with Crippen LogP contribution < -0.4 is 0 Å². The van der Waals surface area contributed by atoms with Gasteiger partial charge in [0.25, 0.3) is 0 Å². The zero-order chi connectivity index (χ0) is 37.9. The maximum absolute atomic E-state index is 6.07. The zero-order valence-electron chi connectivity index (χ0n) is 31.4. The van der Waals surface area contributed by atoms with Crippen LogP contribution in [-0.4, -0.2) is 9.97 Å². The first-order valence-corrected chi connectivity index (χ1v) is 19.5. The minimum absolute atomic E-state index is 0.362. The summed E-state index contributed by atoms with van der Waals surface area (Å²) in [5.74, 6) is 0.707. The Balaban J connectivity index is 0.980. The Kier molecular flexibility index (Phi) is 7.61. The van der Waals surface area contributed by atoms with Crippen molar-refractivity contribution < 1.29 is 4.42 Å². The SMILES string of the molecule is CC1(c2ccccc2)c2ccccc2-c2cccc(-c3cc(-c4ccc(-c5ccc(-c6ccc7oc8ccccc8c7c6)cc5)cc4)nc(-c4ccccc4)n3)c21. The lowest BCUT2D eigenvalue weighted by atomic mass is 9.72. The fourth-order valence-corrected chi connectivity index (χ4v) is 8.93. The minimum atomic E-state index is -0.362. The highest BCUT2D eigenvalue weighted by molar-refractivity contribution is 6.06. The summed E-state index contributed by atoms with van der Waals surface area (Å²) in [6.45, 7) is 2.36. The van der Waals surface area contributed by atoms with Gasteiger partial charge in [0.05, 0.1) is 11.4 Å². The molecule has 268 valence electrons. The molecule has 10 aromatic rings. The van der Waals surface area contributed by atoms with Gasteiger partial charge in [-0.2, -0.15) is 0 Å². The predicted molar refractivity (Wildman–Crippen MR) is 234 cm³/mol. The van der Waals surface area contributed by atoms with Crippen molar-refractivity contribution in [2.75, 3.05) is 0 Å². The van der Waals surface area contributed by atoms with Gasteiger partial charge in [-0.3, -0.25) is 0 Å². The van der Waals surface area contributed by atoms with Gasteiger partial charge in [-0.25, -0.2) is 9.97 Å². The summed E-state index contributed by atoms with van der Waals surface area (Å²) in [4.78, 5) is 10.5. The van der Waals surface area contributed by atoms with Gasteiger partial charge in [0.2, 0.25) is 0 Å². The van der Waals surface area contributed by atoms with Crippen LogP contribution in [0.15, 0.2) is 205 Å². The largest absolute Gasteiger partial charge is 0.456 e. The van der Waals surface area contributed by atoms with Gasteiger partial charge in [-0.15, -0.1) is 0 Å². The molecule has 1 atom stereocenters. The quantitative estimate of drug-likeness (QED) is 0.171. The van der Waals surface area contributed by atoms with E-state index < -0.39 is 0 Å². The molecule has 3 heteroatoms. The molecule has 1 aliphatic rings. The average Bonchev–Trinajstić information content (AvgIpc) is 3.80. The fourth-order valence-electron chi connectivity index (χ4n) is 8.93. The lowest BCUT2D eigenvalue weighted by Gasteiger charge is -2.30. The molecule has 0 fully saturated rings. The molecule has 3 nitrogen and oxygen atoms in total. The molecule has 2 aromatic heterocycles. The molecule has 0 bridgehead atoms. The molecule has 0 saturated carbocycles. The smallest absolute Gasteiger partial charge is 0.160 e. The summed E-state index contributed by atoms with van der Waals surface area (Å²) in [5.41, 5.74) is 17.4. The number of fused-ring (bicyclic) bond motifs is 6. The second-order valence-corrected chi connectivity index (χ2v) is 15.1. The second kappa shape index (κ2) is 13.1. The Morgan fingerprint density at radius 1 is 0.386 bits per heavy atom. The molecule has 0 radical (unpaired) electrons. The summed E-state index contributed by atoms with van der Waals surface area (Å²) < 4.78 is 6.07. The highest BCUT2D eigenvalue weighted by Crippen LogP contribution is 2.55. The van der Waals surface area contributed by atoms with E-state index in [1.54, 1.807) is 0 Å². The number of rotatable bonds is 6. The molecule has 1 aliphatic carbocycles. The van der Waals surface area contributed by atoms with Gasteiger partial charge < -0.3 is 4.42 Å². The van der Waals surface area contributed by atoms with Gasteiger partial charge in [-0.1, -0.05) is 176 Å². The predicted octanol–water partition coefficient (Wildman–Crippen LogP) is 14.0. The van der Waals surface area contributed by atoms with Gasteiger partial charge in [0, 0.05) is 32.9 Å². The number of hydrogen-bond acceptors (Lipinski definition) is 3. The number of furan rings is 1. The van der Waals surface area contributed by atoms with Crippen LogP contribution in [0.1, 0.15) is 23.6 Å². The van der Waals surface area contributed by atoms with Crippen LogP contribution in [0, 0.1) is 0 Å². The summed E-state index contributed by atoms with van der Waals surface area (Å²) in [6.07, 6.45) is 0. The lowest BCUT2D eigenvalue weighted by Crippen LogP contribution is -2.23. The molecular weight excluding hydrogens is 693 g/mol. The van der Waals surface area contributed by atoms with Crippen LogP contribution in [0.25, 0.3) is 89.2 Å². The van der Waals surface area contributed by atoms with Crippen LogP contribution in [0.5, 0.6) is 0 Å². The number of para-hydroxylation sites is 1. The van der Waals surface area contributed by atoms with Crippen LogP contribution in [0.3, 0.4) is 0 Å². The van der Waals surface area contributed by atoms with Crippen molar-refractivity contribution in [2.45, 2.75) is 12.3 Å². The second-order valence-electron chi connectivity index (χ2n) is 15.1. The van der Waals surface area contributed by atoms with E-state index in [0.717, 1.165) is 61.1 Å². The van der Waals surface area contributed by atoms with Gasteiger partial charge >= 0.3 is 0 Å². The van der Waals surface area contributed by atoms with Crippen molar-refractivity contribution in [2.24, 2.45) is 0 Å². The standard InChI is InChI=1S/C54H36N2O/c1-54(41-15-6-3-7-16-41)47-21-10-8-17-42(47)44-19-12-20-45(52(44)54)49-34-48(55-53(56-49)39-13-4-2-5-14-39)38-29-27-36(28-30-38)35-23-25-37(26-24-35)40-31-32-51-46(33-40)43-18-9-11-22-50(43)57-51/h2-34H,1H3. The molecule has 11 rings (SSSR count). The Morgan fingerprint density at radius 3 is 1.72 bits per heavy atom. The van der Waals surface area contributed by atoms with E-state index in [1.807, 2.05) is 30.3 Å². The topological polar surface area (TPSA) is 38.9 Å². The van der Waals surface area contributed by atoms with E-state index >= 15 is 0 Å². The first-order valence-electron chi connectivity index (χ1n) is 19.5. The normalized spacial score (nSPS) is 14.5.